The van der Waals surface area contributed by atoms with Gasteiger partial charge in [0, 0.05) is 19.1 Å². The Balaban J connectivity index is 1.93. The van der Waals surface area contributed by atoms with Gasteiger partial charge in [0.2, 0.25) is 0 Å². The fourth-order valence-corrected chi connectivity index (χ4v) is 3.45. The third-order valence-corrected chi connectivity index (χ3v) is 5.40. The maximum Gasteiger partial charge on any atom is 0.297 e. The molecule has 2 rings (SSSR count). The molecule has 0 N–H and O–H groups in total. The fourth-order valence-electron chi connectivity index (χ4n) is 2.52. The highest BCUT2D eigenvalue weighted by Gasteiger charge is 2.21. The summed E-state index contributed by atoms with van der Waals surface area (Å²) in [6.07, 6.45) is -1.40. The Morgan fingerprint density at radius 3 is 2.23 bits per heavy atom. The molecule has 0 radical (unpaired) electrons. The van der Waals surface area contributed by atoms with Crippen LogP contribution in [0.2, 0.25) is 0 Å². The second kappa shape index (κ2) is 9.26. The SMILES string of the molecule is Cc1ccc(S(=O)(=O)OC[C@@H](F)CN(Cc2ccccc2)C(C)C)cc1. The van der Waals surface area contributed by atoms with Crippen molar-refractivity contribution in [3.8, 4) is 0 Å². The van der Waals surface area contributed by atoms with Crippen molar-refractivity contribution < 1.29 is 17.0 Å². The summed E-state index contributed by atoms with van der Waals surface area (Å²) in [5.41, 5.74) is 2.03. The van der Waals surface area contributed by atoms with E-state index in [1.807, 2.05) is 56.0 Å². The van der Waals surface area contributed by atoms with Crippen LogP contribution in [-0.4, -0.2) is 38.7 Å². The summed E-state index contributed by atoms with van der Waals surface area (Å²) in [5, 5.41) is 0. The van der Waals surface area contributed by atoms with Crippen molar-refractivity contribution in [2.75, 3.05) is 13.2 Å². The molecule has 0 heterocycles. The first-order chi connectivity index (χ1) is 12.3. The van der Waals surface area contributed by atoms with Gasteiger partial charge in [-0.1, -0.05) is 48.0 Å². The number of hydrogen-bond donors (Lipinski definition) is 0. The van der Waals surface area contributed by atoms with E-state index in [9.17, 15) is 12.8 Å². The Labute approximate surface area is 155 Å². The number of alkyl halides is 1. The Kier molecular flexibility index (Phi) is 7.32. The van der Waals surface area contributed by atoms with Gasteiger partial charge < -0.3 is 0 Å². The molecule has 0 aliphatic carbocycles. The number of rotatable bonds is 9. The molecule has 2 aromatic rings. The van der Waals surface area contributed by atoms with Gasteiger partial charge in [0.05, 0.1) is 11.5 Å². The molecule has 0 aromatic heterocycles. The molecule has 26 heavy (non-hydrogen) atoms. The van der Waals surface area contributed by atoms with E-state index in [2.05, 4.69) is 0 Å². The van der Waals surface area contributed by atoms with Crippen molar-refractivity contribution >= 4 is 10.1 Å². The highest BCUT2D eigenvalue weighted by Crippen LogP contribution is 2.15. The lowest BCUT2D eigenvalue weighted by Gasteiger charge is -2.28. The lowest BCUT2D eigenvalue weighted by molar-refractivity contribution is 0.116. The summed E-state index contributed by atoms with van der Waals surface area (Å²) < 4.78 is 43.6. The molecule has 0 amide bonds. The van der Waals surface area contributed by atoms with Gasteiger partial charge >= 0.3 is 0 Å². The molecule has 0 spiro atoms. The van der Waals surface area contributed by atoms with Crippen molar-refractivity contribution in [1.29, 1.82) is 0 Å². The monoisotopic (exact) mass is 379 g/mol. The van der Waals surface area contributed by atoms with Crippen LogP contribution in [0, 0.1) is 6.92 Å². The van der Waals surface area contributed by atoms with Crippen LogP contribution < -0.4 is 0 Å². The number of halogens is 1. The molecule has 0 saturated carbocycles. The topological polar surface area (TPSA) is 46.6 Å². The van der Waals surface area contributed by atoms with Crippen molar-refractivity contribution in [3.63, 3.8) is 0 Å². The average molecular weight is 379 g/mol. The average Bonchev–Trinajstić information content (AvgIpc) is 2.61. The van der Waals surface area contributed by atoms with E-state index >= 15 is 0 Å². The van der Waals surface area contributed by atoms with E-state index in [-0.39, 0.29) is 17.5 Å². The van der Waals surface area contributed by atoms with Crippen LogP contribution in [0.15, 0.2) is 59.5 Å². The molecule has 0 aliphatic rings. The smallest absolute Gasteiger partial charge is 0.294 e. The molecule has 2 aromatic carbocycles. The van der Waals surface area contributed by atoms with Gasteiger partial charge in [-0.2, -0.15) is 8.42 Å². The third-order valence-electron chi connectivity index (χ3n) is 4.11. The predicted octanol–water partition coefficient (Wildman–Crippen LogP) is 3.95. The summed E-state index contributed by atoms with van der Waals surface area (Å²) in [4.78, 5) is 2.00. The van der Waals surface area contributed by atoms with E-state index in [4.69, 9.17) is 4.18 Å². The lowest BCUT2D eigenvalue weighted by Crippen LogP contribution is -2.37. The zero-order valence-electron chi connectivity index (χ0n) is 15.4. The first-order valence-electron chi connectivity index (χ1n) is 8.66. The third kappa shape index (κ3) is 6.20. The largest absolute Gasteiger partial charge is 0.297 e. The van der Waals surface area contributed by atoms with Crippen LogP contribution in [0.4, 0.5) is 4.39 Å². The highest BCUT2D eigenvalue weighted by molar-refractivity contribution is 7.86. The molecule has 0 unspecified atom stereocenters. The van der Waals surface area contributed by atoms with Crippen molar-refractivity contribution in [2.45, 2.75) is 44.4 Å². The first-order valence-corrected chi connectivity index (χ1v) is 10.1. The summed E-state index contributed by atoms with van der Waals surface area (Å²) in [7, 11) is -3.95. The zero-order valence-corrected chi connectivity index (χ0v) is 16.2. The second-order valence-corrected chi connectivity index (χ2v) is 8.27. The molecule has 0 saturated heterocycles. The Morgan fingerprint density at radius 1 is 1.04 bits per heavy atom. The van der Waals surface area contributed by atoms with Crippen molar-refractivity contribution in [3.05, 3.63) is 65.7 Å². The molecular weight excluding hydrogens is 353 g/mol. The van der Waals surface area contributed by atoms with Crippen LogP contribution in [0.3, 0.4) is 0 Å². The minimum Gasteiger partial charge on any atom is -0.294 e. The summed E-state index contributed by atoms with van der Waals surface area (Å²) in [6.45, 7) is 6.05. The summed E-state index contributed by atoms with van der Waals surface area (Å²) in [5.74, 6) is 0. The van der Waals surface area contributed by atoms with Crippen LogP contribution >= 0.6 is 0 Å². The minimum absolute atomic E-state index is 0.0419. The van der Waals surface area contributed by atoms with Gasteiger partial charge in [-0.25, -0.2) is 4.39 Å². The molecular formula is C20H26FNO3S. The fraction of sp³-hybridized carbons (Fsp3) is 0.400. The maximum absolute atomic E-state index is 14.4. The zero-order chi connectivity index (χ0) is 19.2. The summed E-state index contributed by atoms with van der Waals surface area (Å²) >= 11 is 0. The highest BCUT2D eigenvalue weighted by atomic mass is 32.2. The molecule has 4 nitrogen and oxygen atoms in total. The molecule has 142 valence electrons. The normalized spacial score (nSPS) is 13.3. The van der Waals surface area contributed by atoms with Gasteiger partial charge in [-0.3, -0.25) is 9.08 Å². The standard InChI is InChI=1S/C20H26FNO3S/c1-16(2)22(13-18-7-5-4-6-8-18)14-19(21)15-25-26(23,24)20-11-9-17(3)10-12-20/h4-12,16,19H,13-15H2,1-3H3/t19-/m0/s1. The van der Waals surface area contributed by atoms with Crippen LogP contribution in [0.1, 0.15) is 25.0 Å². The molecule has 1 atom stereocenters. The van der Waals surface area contributed by atoms with Crippen LogP contribution in [0.25, 0.3) is 0 Å². The van der Waals surface area contributed by atoms with E-state index in [1.54, 1.807) is 12.1 Å². The number of nitrogens with zero attached hydrogens (tertiary/aromatic N) is 1. The molecule has 0 bridgehead atoms. The molecule has 0 fully saturated rings. The Hall–Kier alpha value is -1.76. The summed E-state index contributed by atoms with van der Waals surface area (Å²) in [6, 6.07) is 16.2. The first kappa shape index (κ1) is 20.6. The predicted molar refractivity (Wildman–Crippen MR) is 101 cm³/mol. The lowest BCUT2D eigenvalue weighted by atomic mass is 10.2. The molecule has 0 aliphatic heterocycles. The van der Waals surface area contributed by atoms with E-state index in [1.165, 1.54) is 12.1 Å². The van der Waals surface area contributed by atoms with Crippen molar-refractivity contribution in [2.24, 2.45) is 0 Å². The van der Waals surface area contributed by atoms with Gasteiger partial charge in [-0.15, -0.1) is 0 Å². The maximum atomic E-state index is 14.4. The second-order valence-electron chi connectivity index (χ2n) is 6.66. The van der Waals surface area contributed by atoms with E-state index in [0.29, 0.717) is 6.54 Å². The van der Waals surface area contributed by atoms with E-state index < -0.39 is 22.9 Å². The quantitative estimate of drug-likeness (QED) is 0.619. The number of aryl methyl sites for hydroxylation is 1. The van der Waals surface area contributed by atoms with Crippen LogP contribution in [0.5, 0.6) is 0 Å². The van der Waals surface area contributed by atoms with E-state index in [0.717, 1.165) is 11.1 Å². The Morgan fingerprint density at radius 2 is 1.65 bits per heavy atom. The van der Waals surface area contributed by atoms with Gasteiger partial charge in [0.15, 0.2) is 0 Å². The number of hydrogen-bond acceptors (Lipinski definition) is 4. The van der Waals surface area contributed by atoms with Gasteiger partial charge in [0.1, 0.15) is 6.17 Å². The Bertz CT molecular complexity index is 776. The molecule has 6 heteroatoms. The van der Waals surface area contributed by atoms with Gasteiger partial charge in [0.25, 0.3) is 10.1 Å². The van der Waals surface area contributed by atoms with Crippen LogP contribution in [-0.2, 0) is 20.8 Å². The van der Waals surface area contributed by atoms with Gasteiger partial charge in [-0.05, 0) is 38.5 Å². The van der Waals surface area contributed by atoms with Crippen molar-refractivity contribution in [1.82, 2.24) is 4.90 Å². The minimum atomic E-state index is -3.95. The number of benzene rings is 2.